The quantitative estimate of drug-likeness (QED) is 0.762. The average Bonchev–Trinajstić information content (AvgIpc) is 2.75. The maximum Gasteiger partial charge on any atom is 0.257 e. The molecule has 0 radical (unpaired) electrons. The van der Waals surface area contributed by atoms with Crippen LogP contribution in [0, 0.1) is 13.8 Å². The SMILES string of the molecule is Cc1ncncc1C(=O)N1CCc2nc(C)n(C)c(=O)c2CC1. The molecule has 120 valence electrons. The highest BCUT2D eigenvalue weighted by molar-refractivity contribution is 5.94. The second kappa shape index (κ2) is 5.91. The monoisotopic (exact) mass is 313 g/mol. The average molecular weight is 313 g/mol. The number of carbonyl (C=O) groups excluding carboxylic acids is 1. The highest BCUT2D eigenvalue weighted by Crippen LogP contribution is 2.14. The summed E-state index contributed by atoms with van der Waals surface area (Å²) in [5, 5.41) is 0. The lowest BCUT2D eigenvalue weighted by atomic mass is 10.1. The Morgan fingerprint density at radius 3 is 2.70 bits per heavy atom. The molecule has 7 nitrogen and oxygen atoms in total. The van der Waals surface area contributed by atoms with Gasteiger partial charge in [-0.2, -0.15) is 0 Å². The van der Waals surface area contributed by atoms with Gasteiger partial charge < -0.3 is 4.90 Å². The van der Waals surface area contributed by atoms with E-state index < -0.39 is 0 Å². The number of aryl methyl sites for hydroxylation is 2. The molecule has 0 aliphatic carbocycles. The van der Waals surface area contributed by atoms with Gasteiger partial charge in [0.25, 0.3) is 11.5 Å². The first-order valence-electron chi connectivity index (χ1n) is 7.60. The van der Waals surface area contributed by atoms with E-state index in [1.807, 2.05) is 6.92 Å². The van der Waals surface area contributed by atoms with E-state index in [-0.39, 0.29) is 11.5 Å². The number of nitrogens with zero attached hydrogens (tertiary/aromatic N) is 5. The molecule has 3 rings (SSSR count). The van der Waals surface area contributed by atoms with Crippen LogP contribution in [0.25, 0.3) is 0 Å². The van der Waals surface area contributed by atoms with Crippen LogP contribution in [0.2, 0.25) is 0 Å². The molecular weight excluding hydrogens is 294 g/mol. The summed E-state index contributed by atoms with van der Waals surface area (Å²) in [4.78, 5) is 39.4. The Hall–Kier alpha value is -2.57. The summed E-state index contributed by atoms with van der Waals surface area (Å²) in [5.74, 6) is 0.602. The molecular formula is C16H19N5O2. The number of carbonyl (C=O) groups is 1. The topological polar surface area (TPSA) is 81.0 Å². The van der Waals surface area contributed by atoms with E-state index in [2.05, 4.69) is 15.0 Å². The molecule has 2 aromatic rings. The van der Waals surface area contributed by atoms with Crippen LogP contribution in [0.3, 0.4) is 0 Å². The molecule has 2 aromatic heterocycles. The van der Waals surface area contributed by atoms with E-state index in [0.717, 1.165) is 11.3 Å². The first-order valence-corrected chi connectivity index (χ1v) is 7.60. The third kappa shape index (κ3) is 2.74. The fraction of sp³-hybridized carbons (Fsp3) is 0.438. The Kier molecular flexibility index (Phi) is 3.94. The first-order chi connectivity index (χ1) is 11.0. The van der Waals surface area contributed by atoms with Crippen molar-refractivity contribution in [2.75, 3.05) is 13.1 Å². The van der Waals surface area contributed by atoms with Crippen molar-refractivity contribution in [3.05, 3.63) is 51.2 Å². The van der Waals surface area contributed by atoms with Crippen molar-refractivity contribution < 1.29 is 4.79 Å². The Bertz CT molecular complexity index is 828. The molecule has 0 unspecified atom stereocenters. The summed E-state index contributed by atoms with van der Waals surface area (Å²) in [6.45, 7) is 4.65. The minimum atomic E-state index is -0.0931. The molecule has 3 heterocycles. The van der Waals surface area contributed by atoms with Gasteiger partial charge in [0, 0.05) is 38.3 Å². The highest BCUT2D eigenvalue weighted by atomic mass is 16.2. The van der Waals surface area contributed by atoms with Crippen LogP contribution in [-0.4, -0.2) is 43.4 Å². The molecule has 0 fully saturated rings. The van der Waals surface area contributed by atoms with E-state index in [1.54, 1.807) is 29.6 Å². The molecule has 0 saturated carbocycles. The Balaban J connectivity index is 1.88. The van der Waals surface area contributed by atoms with Crippen LogP contribution in [0.1, 0.15) is 33.1 Å². The lowest BCUT2D eigenvalue weighted by Gasteiger charge is -2.20. The number of amides is 1. The second-order valence-corrected chi connectivity index (χ2v) is 5.76. The molecule has 0 spiro atoms. The van der Waals surface area contributed by atoms with Gasteiger partial charge in [-0.1, -0.05) is 0 Å². The summed E-state index contributed by atoms with van der Waals surface area (Å²) in [7, 11) is 1.73. The van der Waals surface area contributed by atoms with Gasteiger partial charge >= 0.3 is 0 Å². The summed E-state index contributed by atoms with van der Waals surface area (Å²) < 4.78 is 1.56. The molecule has 0 atom stereocenters. The zero-order valence-electron chi connectivity index (χ0n) is 13.5. The van der Waals surface area contributed by atoms with Crippen LogP contribution in [-0.2, 0) is 19.9 Å². The standard InChI is InChI=1S/C16H19N5O2/c1-10-13(8-17-9-18-10)16(23)21-6-4-12-14(5-7-21)19-11(2)20(3)15(12)22/h8-9H,4-7H2,1-3H3. The van der Waals surface area contributed by atoms with E-state index in [9.17, 15) is 9.59 Å². The third-order valence-corrected chi connectivity index (χ3v) is 4.37. The van der Waals surface area contributed by atoms with Gasteiger partial charge in [-0.3, -0.25) is 14.2 Å². The highest BCUT2D eigenvalue weighted by Gasteiger charge is 2.24. The lowest BCUT2D eigenvalue weighted by Crippen LogP contribution is -2.34. The first kappa shape index (κ1) is 15.3. The van der Waals surface area contributed by atoms with Gasteiger partial charge in [0.15, 0.2) is 0 Å². The van der Waals surface area contributed by atoms with Gasteiger partial charge in [0.2, 0.25) is 0 Å². The van der Waals surface area contributed by atoms with Crippen LogP contribution in [0.4, 0.5) is 0 Å². The van der Waals surface area contributed by atoms with Gasteiger partial charge in [-0.05, 0) is 20.3 Å². The predicted octanol–water partition coefficient (Wildman–Crippen LogP) is 0.428. The summed E-state index contributed by atoms with van der Waals surface area (Å²) in [6.07, 6.45) is 4.09. The van der Waals surface area contributed by atoms with Crippen LogP contribution < -0.4 is 5.56 Å². The molecule has 0 bridgehead atoms. The number of rotatable bonds is 1. The van der Waals surface area contributed by atoms with Gasteiger partial charge in [0.1, 0.15) is 12.2 Å². The maximum atomic E-state index is 12.7. The van der Waals surface area contributed by atoms with E-state index in [1.165, 1.54) is 6.33 Å². The smallest absolute Gasteiger partial charge is 0.257 e. The van der Waals surface area contributed by atoms with Crippen molar-refractivity contribution in [2.24, 2.45) is 7.05 Å². The van der Waals surface area contributed by atoms with Crippen molar-refractivity contribution in [1.82, 2.24) is 24.4 Å². The van der Waals surface area contributed by atoms with Crippen LogP contribution in [0.5, 0.6) is 0 Å². The van der Waals surface area contributed by atoms with Crippen molar-refractivity contribution in [2.45, 2.75) is 26.7 Å². The predicted molar refractivity (Wildman–Crippen MR) is 84.3 cm³/mol. The van der Waals surface area contributed by atoms with Gasteiger partial charge in [0.05, 0.1) is 17.0 Å². The molecule has 1 aliphatic rings. The Labute approximate surface area is 134 Å². The molecule has 1 amide bonds. The van der Waals surface area contributed by atoms with E-state index in [0.29, 0.717) is 43.0 Å². The summed E-state index contributed by atoms with van der Waals surface area (Å²) >= 11 is 0. The van der Waals surface area contributed by atoms with Crippen LogP contribution in [0.15, 0.2) is 17.3 Å². The normalized spacial score (nSPS) is 14.3. The zero-order chi connectivity index (χ0) is 16.6. The number of hydrogen-bond acceptors (Lipinski definition) is 5. The Morgan fingerprint density at radius 2 is 1.96 bits per heavy atom. The molecule has 1 aliphatic heterocycles. The largest absolute Gasteiger partial charge is 0.338 e. The van der Waals surface area contributed by atoms with E-state index in [4.69, 9.17) is 0 Å². The molecule has 0 saturated heterocycles. The van der Waals surface area contributed by atoms with Crippen molar-refractivity contribution >= 4 is 5.91 Å². The minimum Gasteiger partial charge on any atom is -0.338 e. The van der Waals surface area contributed by atoms with Crippen molar-refractivity contribution in [3.63, 3.8) is 0 Å². The fourth-order valence-corrected chi connectivity index (χ4v) is 2.84. The molecule has 0 N–H and O–H groups in total. The molecule has 0 aromatic carbocycles. The number of fused-ring (bicyclic) bond motifs is 1. The fourth-order valence-electron chi connectivity index (χ4n) is 2.84. The van der Waals surface area contributed by atoms with Crippen molar-refractivity contribution in [3.8, 4) is 0 Å². The second-order valence-electron chi connectivity index (χ2n) is 5.76. The third-order valence-electron chi connectivity index (χ3n) is 4.37. The van der Waals surface area contributed by atoms with Gasteiger partial charge in [-0.15, -0.1) is 0 Å². The van der Waals surface area contributed by atoms with Crippen LogP contribution >= 0.6 is 0 Å². The number of aromatic nitrogens is 4. The maximum absolute atomic E-state index is 12.7. The lowest BCUT2D eigenvalue weighted by molar-refractivity contribution is 0.0761. The van der Waals surface area contributed by atoms with Gasteiger partial charge in [-0.25, -0.2) is 15.0 Å². The Morgan fingerprint density at radius 1 is 1.22 bits per heavy atom. The summed E-state index contributed by atoms with van der Waals surface area (Å²) in [5.41, 5.74) is 2.68. The zero-order valence-corrected chi connectivity index (χ0v) is 13.5. The minimum absolute atomic E-state index is 0.0129. The number of hydrogen-bond donors (Lipinski definition) is 0. The van der Waals surface area contributed by atoms with E-state index >= 15 is 0 Å². The molecule has 7 heteroatoms. The molecule has 23 heavy (non-hydrogen) atoms. The van der Waals surface area contributed by atoms with Crippen molar-refractivity contribution in [1.29, 1.82) is 0 Å². The summed E-state index contributed by atoms with van der Waals surface area (Å²) in [6, 6.07) is 0.